The van der Waals surface area contributed by atoms with Gasteiger partial charge in [-0.1, -0.05) is 216 Å². The Labute approximate surface area is 666 Å². The Morgan fingerprint density at radius 2 is 0.574 bits per heavy atom. The normalized spacial score (nSPS) is 10.7. The van der Waals surface area contributed by atoms with Gasteiger partial charge in [-0.15, -0.1) is 0 Å². The summed E-state index contributed by atoms with van der Waals surface area (Å²) < 4.78 is 46.3. The maximum absolute atomic E-state index is 13.1. The van der Waals surface area contributed by atoms with Crippen molar-refractivity contribution >= 4 is 91.9 Å². The summed E-state index contributed by atoms with van der Waals surface area (Å²) in [6.45, 7) is 20.8. The molecule has 115 heavy (non-hydrogen) atoms. The Bertz CT molecular complexity index is 6390. The zero-order chi connectivity index (χ0) is 81.1. The molecule has 6 aromatic heterocycles. The lowest BCUT2D eigenvalue weighted by molar-refractivity contribution is 0.475. The molecule has 0 saturated heterocycles. The molecule has 0 amide bonds. The molecule has 0 aliphatic carbocycles. The van der Waals surface area contributed by atoms with Crippen molar-refractivity contribution in [2.45, 2.75) is 48.5 Å². The summed E-state index contributed by atoms with van der Waals surface area (Å²) in [5.74, 6) is 3.03. The molecule has 0 unspecified atom stereocenters. The zero-order valence-corrected chi connectivity index (χ0v) is 64.9. The van der Waals surface area contributed by atoms with E-state index in [2.05, 4.69) is 20.8 Å². The van der Waals surface area contributed by atoms with Gasteiger partial charge in [0.2, 0.25) is 0 Å². The zero-order valence-electron chi connectivity index (χ0n) is 63.3. The number of phenols is 1. The smallest absolute Gasteiger partial charge is 0.344 e. The van der Waals surface area contributed by atoms with Gasteiger partial charge in [-0.05, 0) is 211 Å². The van der Waals surface area contributed by atoms with Crippen molar-refractivity contribution in [1.29, 1.82) is 0 Å². The molecule has 0 fully saturated rings. The van der Waals surface area contributed by atoms with Crippen molar-refractivity contribution in [2.75, 3.05) is 5.73 Å². The van der Waals surface area contributed by atoms with E-state index in [1.54, 1.807) is 60.7 Å². The van der Waals surface area contributed by atoms with E-state index in [4.69, 9.17) is 38.8 Å². The third kappa shape index (κ3) is 18.2. The first-order valence-electron chi connectivity index (χ1n) is 36.4. The third-order valence-corrected chi connectivity index (χ3v) is 19.7. The van der Waals surface area contributed by atoms with E-state index in [9.17, 15) is 38.3 Å². The summed E-state index contributed by atoms with van der Waals surface area (Å²) in [7, 11) is 0. The number of benzene rings is 12. The number of hydrogen-bond acceptors (Lipinski definition) is 14. The highest BCUT2D eigenvalue weighted by atomic mass is 79.9. The van der Waals surface area contributed by atoms with Gasteiger partial charge in [0, 0.05) is 43.5 Å². The molecule has 15 nitrogen and oxygen atoms in total. The van der Waals surface area contributed by atoms with Crippen molar-refractivity contribution in [3.63, 3.8) is 0 Å². The predicted molar refractivity (Wildman–Crippen MR) is 461 cm³/mol. The number of halogens is 2. The minimum Gasteiger partial charge on any atom is -0.508 e. The number of fused-ring (bicyclic) bond motifs is 6. The Hall–Kier alpha value is -14.6. The summed E-state index contributed by atoms with van der Waals surface area (Å²) >= 11 is 3.36. The quantitative estimate of drug-likeness (QED) is 0.116. The van der Waals surface area contributed by atoms with Gasteiger partial charge < -0.3 is 37.3 Å². The Morgan fingerprint density at radius 1 is 0.304 bits per heavy atom. The number of aromatic hydroxyl groups is 1. The van der Waals surface area contributed by atoms with Gasteiger partial charge in [0.05, 0.1) is 38.9 Å². The first-order chi connectivity index (χ1) is 55.4. The summed E-state index contributed by atoms with van der Waals surface area (Å²) in [5.41, 5.74) is 17.3. The summed E-state index contributed by atoms with van der Waals surface area (Å²) in [6, 6.07) is 88.4. The minimum atomic E-state index is -0.518. The van der Waals surface area contributed by atoms with E-state index < -0.39 is 22.7 Å². The molecule has 0 radical (unpaired) electrons. The van der Waals surface area contributed by atoms with Crippen LogP contribution in [0.5, 0.6) is 5.75 Å². The number of nitrogens with zero attached hydrogens (tertiary/aromatic N) is 1. The predicted octanol–water partition coefficient (Wildman–Crippen LogP) is 23.7. The third-order valence-electron chi connectivity index (χ3n) is 19.2. The van der Waals surface area contributed by atoms with Crippen molar-refractivity contribution in [1.82, 2.24) is 0 Å². The van der Waals surface area contributed by atoms with Gasteiger partial charge in [-0.2, -0.15) is 0 Å². The van der Waals surface area contributed by atoms with Crippen LogP contribution in [0.3, 0.4) is 0 Å². The highest BCUT2D eigenvalue weighted by Crippen LogP contribution is 2.33. The summed E-state index contributed by atoms with van der Waals surface area (Å²) in [4.78, 5) is 75.4. The lowest BCUT2D eigenvalue weighted by Gasteiger charge is -2.06. The second-order valence-corrected chi connectivity index (χ2v) is 28.2. The van der Waals surface area contributed by atoms with Crippen LogP contribution < -0.4 is 39.5 Å². The van der Waals surface area contributed by atoms with Gasteiger partial charge >= 0.3 is 33.8 Å². The summed E-state index contributed by atoms with van der Waals surface area (Å²) in [6.07, 6.45) is 0. The molecule has 6 heterocycles. The minimum absolute atomic E-state index is 0.0587. The van der Waals surface area contributed by atoms with Gasteiger partial charge in [0.1, 0.15) is 46.1 Å². The van der Waals surface area contributed by atoms with E-state index >= 15 is 0 Å². The SMILES string of the molecule is Cc1ccc2cc(-c3ccccc3C)oc(=O)c2c1.Cc1ccccc1-c1cc2ccc(Br)cc2c(=O)o1.Cc1ccccc1-c1cc2ccc(F)cc2c(=O)o1.Cc1ccccc1-c1cc2ccc(N)cc2c(=O)o1.Cc1ccccc1-c1cc2ccc(O)cc2c(=O)o1.[C-]#[N+]c1ccc2cc(-c3ccccc3C)oc(=O)c2c1. The van der Waals surface area contributed by atoms with Crippen molar-refractivity contribution in [3.8, 4) is 73.7 Å². The van der Waals surface area contributed by atoms with Crippen LogP contribution in [0.15, 0.2) is 351 Å². The van der Waals surface area contributed by atoms with Gasteiger partial charge in [0.25, 0.3) is 0 Å². The molecule has 12 aromatic carbocycles. The molecule has 0 spiro atoms. The molecule has 566 valence electrons. The molecule has 0 aliphatic heterocycles. The molecule has 0 saturated carbocycles. The number of anilines is 1. The Kier molecular flexibility index (Phi) is 23.7. The lowest BCUT2D eigenvalue weighted by atomic mass is 10.0. The highest BCUT2D eigenvalue weighted by molar-refractivity contribution is 9.10. The average molecular weight is 1580 g/mol. The van der Waals surface area contributed by atoms with Crippen LogP contribution in [-0.2, 0) is 0 Å². The number of nitrogen functional groups attached to an aromatic ring is 1. The summed E-state index contributed by atoms with van der Waals surface area (Å²) in [5, 5.41) is 17.1. The van der Waals surface area contributed by atoms with Crippen LogP contribution >= 0.6 is 15.9 Å². The number of hydrogen-bond donors (Lipinski definition) is 2. The van der Waals surface area contributed by atoms with E-state index in [-0.39, 0.29) is 28.0 Å². The molecule has 3 N–H and O–H groups in total. The number of nitrogens with two attached hydrogens (primary N) is 1. The average Bonchev–Trinajstić information content (AvgIpc) is 0.818. The number of rotatable bonds is 6. The molecular formula is C98H72BrFN2O13. The number of aryl methyl sites for hydroxylation is 7. The molecular weight excluding hydrogens is 1510 g/mol. The fraction of sp³-hybridized carbons (Fsp3) is 0.0714. The first-order valence-corrected chi connectivity index (χ1v) is 37.2. The van der Waals surface area contributed by atoms with Gasteiger partial charge in [-0.3, -0.25) is 0 Å². The lowest BCUT2D eigenvalue weighted by Crippen LogP contribution is -2.01. The largest absolute Gasteiger partial charge is 0.508 e. The molecule has 17 heteroatoms. The standard InChI is InChI=1S/C17H11NO2.C17H14O2.C16H11BrO2.C16H11FO2.C16H13NO2.C16H12O3/c1-11-5-3-4-6-14(11)16-9-12-7-8-13(18-2)10-15(12)17(19)20-16;1-11-7-8-13-10-16(19-17(18)15(13)9-11)14-6-4-3-5-12(14)2;4*1-10-4-2-3-5-13(10)15-8-11-6-7-12(17)9-14(11)16(18)19-15/h3-10H,1H3;3-10H,1-2H3;2*2-9H,1H3;2-9H,17H2,1H3;2-9,17H,1H3. The maximum Gasteiger partial charge on any atom is 0.344 e. The van der Waals surface area contributed by atoms with Crippen LogP contribution in [0.25, 0.3) is 137 Å². The first kappa shape index (κ1) is 78.5. The van der Waals surface area contributed by atoms with E-state index in [0.29, 0.717) is 78.3 Å². The topological polar surface area (TPSA) is 232 Å². The van der Waals surface area contributed by atoms with Crippen LogP contribution in [-0.4, -0.2) is 5.11 Å². The van der Waals surface area contributed by atoms with Gasteiger partial charge in [0.15, 0.2) is 5.69 Å². The molecule has 0 atom stereocenters. The Morgan fingerprint density at radius 3 is 0.922 bits per heavy atom. The second-order valence-electron chi connectivity index (χ2n) is 27.3. The van der Waals surface area contributed by atoms with E-state index in [1.165, 1.54) is 18.2 Å². The number of phenolic OH excluding ortho intramolecular Hbond substituents is 1. The molecule has 18 aromatic rings. The van der Waals surface area contributed by atoms with Crippen molar-refractivity contribution in [2.24, 2.45) is 0 Å². The van der Waals surface area contributed by atoms with Crippen molar-refractivity contribution in [3.05, 3.63) is 414 Å². The second kappa shape index (κ2) is 34.8. The monoisotopic (exact) mass is 1580 g/mol. The maximum atomic E-state index is 13.1. The fourth-order valence-corrected chi connectivity index (χ4v) is 13.5. The van der Waals surface area contributed by atoms with Crippen LogP contribution in [0.1, 0.15) is 38.9 Å². The highest BCUT2D eigenvalue weighted by Gasteiger charge is 2.16. The van der Waals surface area contributed by atoms with Gasteiger partial charge in [-0.25, -0.2) is 38.0 Å². The molecule has 0 bridgehead atoms. The molecule has 18 rings (SSSR count). The van der Waals surface area contributed by atoms with E-state index in [1.807, 2.05) is 261 Å². The van der Waals surface area contributed by atoms with Crippen LogP contribution in [0, 0.1) is 60.9 Å². The fourth-order valence-electron chi connectivity index (χ4n) is 13.1. The Balaban J connectivity index is 0.000000120. The molecule has 0 aliphatic rings. The van der Waals surface area contributed by atoms with Crippen molar-refractivity contribution < 1.29 is 36.0 Å². The van der Waals surface area contributed by atoms with E-state index in [0.717, 1.165) is 104 Å². The van der Waals surface area contributed by atoms with Crippen LogP contribution in [0.2, 0.25) is 0 Å². The van der Waals surface area contributed by atoms with Crippen LogP contribution in [0.4, 0.5) is 15.8 Å².